The van der Waals surface area contributed by atoms with Crippen molar-refractivity contribution in [1.82, 2.24) is 10.2 Å². The molecular weight excluding hydrogens is 214 g/mol. The Morgan fingerprint density at radius 3 is 2.41 bits per heavy atom. The summed E-state index contributed by atoms with van der Waals surface area (Å²) in [4.78, 5) is 14.1. The number of likely N-dealkylation sites (tertiary alicyclic amines) is 1. The molecule has 0 bridgehead atoms. The van der Waals surface area contributed by atoms with Gasteiger partial charge in [-0.2, -0.15) is 0 Å². The first-order chi connectivity index (χ1) is 7.89. The lowest BCUT2D eigenvalue weighted by Gasteiger charge is -2.38. The Morgan fingerprint density at radius 2 is 2.00 bits per heavy atom. The Hall–Kier alpha value is -0.770. The monoisotopic (exact) mass is 241 g/mol. The van der Waals surface area contributed by atoms with E-state index in [0.717, 1.165) is 31.8 Å². The molecule has 1 atom stereocenters. The van der Waals surface area contributed by atoms with Gasteiger partial charge >= 0.3 is 6.03 Å². The van der Waals surface area contributed by atoms with E-state index in [1.807, 2.05) is 11.8 Å². The third-order valence-electron chi connectivity index (χ3n) is 4.16. The maximum Gasteiger partial charge on any atom is 0.317 e. The number of nitrogens with one attached hydrogen (secondary N) is 1. The number of urea groups is 1. The smallest absolute Gasteiger partial charge is 0.317 e. The molecule has 0 spiro atoms. The zero-order chi connectivity index (χ0) is 13.1. The van der Waals surface area contributed by atoms with Crippen LogP contribution in [0.1, 0.15) is 40.5 Å². The van der Waals surface area contributed by atoms with Gasteiger partial charge in [-0.3, -0.25) is 0 Å². The Labute approximate surface area is 105 Å². The first kappa shape index (κ1) is 14.3. The second kappa shape index (κ2) is 5.71. The van der Waals surface area contributed by atoms with Crippen molar-refractivity contribution < 1.29 is 4.79 Å². The highest BCUT2D eigenvalue weighted by molar-refractivity contribution is 5.75. The molecule has 3 N–H and O–H groups in total. The number of nitrogens with zero attached hydrogens (tertiary/aromatic N) is 1. The molecule has 100 valence electrons. The minimum Gasteiger partial charge on any atom is -0.331 e. The fraction of sp³-hybridized carbons (Fsp3) is 0.923. The van der Waals surface area contributed by atoms with E-state index >= 15 is 0 Å². The average molecular weight is 241 g/mol. The van der Waals surface area contributed by atoms with Gasteiger partial charge in [-0.05, 0) is 31.6 Å². The SMILES string of the molecule is CC1CCN(C(=O)NC(C)(CN)C(C)C)CC1. The van der Waals surface area contributed by atoms with Crippen molar-refractivity contribution in [1.29, 1.82) is 0 Å². The molecule has 1 heterocycles. The van der Waals surface area contributed by atoms with Gasteiger partial charge in [0.15, 0.2) is 0 Å². The van der Waals surface area contributed by atoms with Crippen LogP contribution < -0.4 is 11.1 Å². The molecule has 4 heteroatoms. The van der Waals surface area contributed by atoms with Crippen LogP contribution in [0.4, 0.5) is 4.79 Å². The van der Waals surface area contributed by atoms with Crippen LogP contribution in [-0.4, -0.2) is 36.1 Å². The Morgan fingerprint density at radius 1 is 1.47 bits per heavy atom. The van der Waals surface area contributed by atoms with E-state index in [-0.39, 0.29) is 11.6 Å². The highest BCUT2D eigenvalue weighted by Gasteiger charge is 2.31. The number of hydrogen-bond donors (Lipinski definition) is 2. The normalized spacial score (nSPS) is 21.4. The number of amides is 2. The summed E-state index contributed by atoms with van der Waals surface area (Å²) < 4.78 is 0. The lowest BCUT2D eigenvalue weighted by atomic mass is 9.88. The average Bonchev–Trinajstić information content (AvgIpc) is 2.29. The zero-order valence-electron chi connectivity index (χ0n) is 11.6. The van der Waals surface area contributed by atoms with Gasteiger partial charge in [0.2, 0.25) is 0 Å². The summed E-state index contributed by atoms with van der Waals surface area (Å²) in [5, 5.41) is 3.09. The van der Waals surface area contributed by atoms with Gasteiger partial charge in [-0.25, -0.2) is 4.79 Å². The fourth-order valence-electron chi connectivity index (χ4n) is 1.97. The highest BCUT2D eigenvalue weighted by Crippen LogP contribution is 2.19. The molecule has 1 fully saturated rings. The van der Waals surface area contributed by atoms with Gasteiger partial charge < -0.3 is 16.0 Å². The predicted molar refractivity (Wildman–Crippen MR) is 70.8 cm³/mol. The van der Waals surface area contributed by atoms with Gasteiger partial charge in [0.05, 0.1) is 5.54 Å². The number of rotatable bonds is 3. The molecule has 0 saturated carbocycles. The maximum absolute atomic E-state index is 12.1. The summed E-state index contributed by atoms with van der Waals surface area (Å²) in [6.07, 6.45) is 2.21. The second-order valence-corrected chi connectivity index (χ2v) is 5.88. The molecule has 1 aliphatic rings. The van der Waals surface area contributed by atoms with Crippen LogP contribution in [0.2, 0.25) is 0 Å². The zero-order valence-corrected chi connectivity index (χ0v) is 11.6. The summed E-state index contributed by atoms with van der Waals surface area (Å²) in [7, 11) is 0. The lowest BCUT2D eigenvalue weighted by Crippen LogP contribution is -2.59. The molecule has 1 unspecified atom stereocenters. The molecule has 0 aromatic carbocycles. The number of carbonyl (C=O) groups excluding carboxylic acids is 1. The fourth-order valence-corrected chi connectivity index (χ4v) is 1.97. The van der Waals surface area contributed by atoms with Gasteiger partial charge in [0.25, 0.3) is 0 Å². The molecular formula is C13H27N3O. The summed E-state index contributed by atoms with van der Waals surface area (Å²) in [6.45, 7) is 10.6. The van der Waals surface area contributed by atoms with Crippen LogP contribution in [0.5, 0.6) is 0 Å². The van der Waals surface area contributed by atoms with E-state index in [4.69, 9.17) is 5.73 Å². The standard InChI is InChI=1S/C13H27N3O/c1-10(2)13(4,9-14)15-12(17)16-7-5-11(3)6-8-16/h10-11H,5-9,14H2,1-4H3,(H,15,17). The number of nitrogens with two attached hydrogens (primary N) is 1. The molecule has 0 radical (unpaired) electrons. The van der Waals surface area contributed by atoms with Gasteiger partial charge in [-0.1, -0.05) is 20.8 Å². The third-order valence-corrected chi connectivity index (χ3v) is 4.16. The van der Waals surface area contributed by atoms with Gasteiger partial charge in [0.1, 0.15) is 0 Å². The number of carbonyl (C=O) groups is 1. The van der Waals surface area contributed by atoms with Crippen LogP contribution >= 0.6 is 0 Å². The molecule has 1 saturated heterocycles. The predicted octanol–water partition coefficient (Wildman–Crippen LogP) is 1.80. The first-order valence-electron chi connectivity index (χ1n) is 6.66. The molecule has 1 aliphatic heterocycles. The topological polar surface area (TPSA) is 58.4 Å². The van der Waals surface area contributed by atoms with Crippen LogP contribution in [-0.2, 0) is 0 Å². The Kier molecular flexibility index (Phi) is 4.80. The first-order valence-corrected chi connectivity index (χ1v) is 6.66. The van der Waals surface area contributed by atoms with Crippen molar-refractivity contribution in [3.63, 3.8) is 0 Å². The minimum absolute atomic E-state index is 0.0403. The van der Waals surface area contributed by atoms with Crippen molar-refractivity contribution in [2.45, 2.75) is 46.1 Å². The number of piperidine rings is 1. The molecule has 1 rings (SSSR count). The summed E-state index contributed by atoms with van der Waals surface area (Å²) in [6, 6.07) is 0.0403. The van der Waals surface area contributed by atoms with Crippen molar-refractivity contribution in [3.8, 4) is 0 Å². The number of hydrogen-bond acceptors (Lipinski definition) is 2. The van der Waals surface area contributed by atoms with Crippen LogP contribution in [0.3, 0.4) is 0 Å². The van der Waals surface area contributed by atoms with E-state index in [9.17, 15) is 4.79 Å². The van der Waals surface area contributed by atoms with E-state index in [2.05, 4.69) is 26.1 Å². The minimum atomic E-state index is -0.305. The van der Waals surface area contributed by atoms with Crippen molar-refractivity contribution in [2.75, 3.05) is 19.6 Å². The summed E-state index contributed by atoms with van der Waals surface area (Å²) in [5.41, 5.74) is 5.47. The maximum atomic E-state index is 12.1. The van der Waals surface area contributed by atoms with E-state index < -0.39 is 0 Å². The summed E-state index contributed by atoms with van der Waals surface area (Å²) in [5.74, 6) is 1.07. The Balaban J connectivity index is 2.53. The molecule has 2 amide bonds. The molecule has 0 aromatic heterocycles. The van der Waals surface area contributed by atoms with Gasteiger partial charge in [0, 0.05) is 19.6 Å². The Bertz CT molecular complexity index is 259. The molecule has 17 heavy (non-hydrogen) atoms. The quantitative estimate of drug-likeness (QED) is 0.791. The van der Waals surface area contributed by atoms with Gasteiger partial charge in [-0.15, -0.1) is 0 Å². The second-order valence-electron chi connectivity index (χ2n) is 5.88. The third kappa shape index (κ3) is 3.60. The van der Waals surface area contributed by atoms with Crippen molar-refractivity contribution in [2.24, 2.45) is 17.6 Å². The highest BCUT2D eigenvalue weighted by atomic mass is 16.2. The summed E-state index contributed by atoms with van der Waals surface area (Å²) >= 11 is 0. The van der Waals surface area contributed by atoms with E-state index in [0.29, 0.717) is 12.5 Å². The largest absolute Gasteiger partial charge is 0.331 e. The van der Waals surface area contributed by atoms with Crippen molar-refractivity contribution in [3.05, 3.63) is 0 Å². The lowest BCUT2D eigenvalue weighted by molar-refractivity contribution is 0.155. The molecule has 0 aliphatic carbocycles. The van der Waals surface area contributed by atoms with Crippen LogP contribution in [0.25, 0.3) is 0 Å². The molecule has 4 nitrogen and oxygen atoms in total. The van der Waals surface area contributed by atoms with E-state index in [1.165, 1.54) is 0 Å². The van der Waals surface area contributed by atoms with Crippen LogP contribution in [0.15, 0.2) is 0 Å². The molecule has 0 aromatic rings. The van der Waals surface area contributed by atoms with Crippen molar-refractivity contribution >= 4 is 6.03 Å². The van der Waals surface area contributed by atoms with E-state index in [1.54, 1.807) is 0 Å². The van der Waals surface area contributed by atoms with Crippen LogP contribution in [0, 0.1) is 11.8 Å².